The molecule has 1 aromatic heterocycles. The van der Waals surface area contributed by atoms with Gasteiger partial charge < -0.3 is 10.6 Å². The highest BCUT2D eigenvalue weighted by Crippen LogP contribution is 2.37. The van der Waals surface area contributed by atoms with Gasteiger partial charge in [0.1, 0.15) is 5.82 Å². The zero-order valence-corrected chi connectivity index (χ0v) is 12.0. The Morgan fingerprint density at radius 2 is 2.00 bits per heavy atom. The van der Waals surface area contributed by atoms with Crippen molar-refractivity contribution in [1.82, 2.24) is 10.3 Å². The molecule has 1 aliphatic rings. The molecule has 0 unspecified atom stereocenters. The van der Waals surface area contributed by atoms with Crippen LogP contribution in [0.3, 0.4) is 0 Å². The molecule has 1 heterocycles. The highest BCUT2D eigenvalue weighted by atomic mass is 15.1. The van der Waals surface area contributed by atoms with E-state index in [1.165, 1.54) is 12.8 Å². The van der Waals surface area contributed by atoms with E-state index in [1.807, 2.05) is 0 Å². The van der Waals surface area contributed by atoms with Crippen LogP contribution in [0, 0.1) is 0 Å². The quantitative estimate of drug-likeness (QED) is 0.840. The second-order valence-corrected chi connectivity index (χ2v) is 6.63. The summed E-state index contributed by atoms with van der Waals surface area (Å²) in [7, 11) is 0. The zero-order valence-electron chi connectivity index (χ0n) is 12.0. The number of aromatic nitrogens is 1. The first-order valence-corrected chi connectivity index (χ1v) is 6.86. The molecule has 1 fully saturated rings. The van der Waals surface area contributed by atoms with Gasteiger partial charge in [0.05, 0.1) is 0 Å². The van der Waals surface area contributed by atoms with Crippen LogP contribution in [0.25, 0.3) is 0 Å². The highest BCUT2D eigenvalue weighted by molar-refractivity contribution is 5.40. The van der Waals surface area contributed by atoms with Crippen LogP contribution < -0.4 is 10.6 Å². The van der Waals surface area contributed by atoms with E-state index >= 15 is 0 Å². The Labute approximate surface area is 110 Å². The molecule has 0 aromatic carbocycles. The summed E-state index contributed by atoms with van der Waals surface area (Å²) >= 11 is 0. The van der Waals surface area contributed by atoms with E-state index in [4.69, 9.17) is 0 Å². The molecule has 100 valence electrons. The summed E-state index contributed by atoms with van der Waals surface area (Å²) in [6.07, 6.45) is 3.48. The van der Waals surface area contributed by atoms with E-state index in [9.17, 15) is 0 Å². The van der Waals surface area contributed by atoms with Gasteiger partial charge >= 0.3 is 0 Å². The first-order valence-electron chi connectivity index (χ1n) is 6.86. The van der Waals surface area contributed by atoms with Gasteiger partial charge in [-0.3, -0.25) is 0 Å². The summed E-state index contributed by atoms with van der Waals surface area (Å²) < 4.78 is 0. The lowest BCUT2D eigenvalue weighted by Crippen LogP contribution is -2.37. The van der Waals surface area contributed by atoms with Crippen molar-refractivity contribution in [3.05, 3.63) is 23.9 Å². The summed E-state index contributed by atoms with van der Waals surface area (Å²) in [5.41, 5.74) is 1.63. The van der Waals surface area contributed by atoms with Crippen molar-refractivity contribution in [3.8, 4) is 0 Å². The van der Waals surface area contributed by atoms with Gasteiger partial charge in [0.15, 0.2) is 0 Å². The van der Waals surface area contributed by atoms with Gasteiger partial charge in [0.2, 0.25) is 0 Å². The second-order valence-electron chi connectivity index (χ2n) is 6.63. The molecule has 3 heteroatoms. The first-order chi connectivity index (χ1) is 8.36. The zero-order chi connectivity index (χ0) is 13.2. The van der Waals surface area contributed by atoms with Crippen LogP contribution in [0.15, 0.2) is 18.2 Å². The fourth-order valence-corrected chi connectivity index (χ4v) is 1.88. The molecular formula is C15H25N3. The number of nitrogens with zero attached hydrogens (tertiary/aromatic N) is 1. The molecule has 1 saturated carbocycles. The molecule has 0 aliphatic heterocycles. The molecule has 1 aromatic rings. The number of anilines is 1. The maximum absolute atomic E-state index is 4.67. The number of pyridine rings is 1. The Morgan fingerprint density at radius 1 is 1.28 bits per heavy atom. The van der Waals surface area contributed by atoms with Crippen molar-refractivity contribution < 1.29 is 0 Å². The average Bonchev–Trinajstić information content (AvgIpc) is 2.94. The molecule has 3 nitrogen and oxygen atoms in total. The van der Waals surface area contributed by atoms with Crippen LogP contribution in [0.2, 0.25) is 0 Å². The Balaban J connectivity index is 1.87. The molecule has 2 rings (SSSR count). The Morgan fingerprint density at radius 3 is 2.61 bits per heavy atom. The third-order valence-corrected chi connectivity index (χ3v) is 3.27. The lowest BCUT2D eigenvalue weighted by atomic mass is 10.1. The number of hydrogen-bond donors (Lipinski definition) is 2. The first kappa shape index (κ1) is 13.3. The third-order valence-electron chi connectivity index (χ3n) is 3.27. The normalized spacial score (nSPS) is 17.6. The summed E-state index contributed by atoms with van der Waals surface area (Å²) in [5, 5.41) is 7.00. The standard InChI is InChI=1S/C15H25N3/c1-14(2,3)16-11-8-12-6-5-7-13(17-12)18-15(4)9-10-15/h5-7,16H,8-11H2,1-4H3,(H,17,18). The van der Waals surface area contributed by atoms with Crippen LogP contribution in [0.1, 0.15) is 46.2 Å². The molecule has 0 radical (unpaired) electrons. The Hall–Kier alpha value is -1.09. The lowest BCUT2D eigenvalue weighted by molar-refractivity contribution is 0.428. The van der Waals surface area contributed by atoms with Gasteiger partial charge in [0.25, 0.3) is 0 Å². The van der Waals surface area contributed by atoms with Crippen molar-refractivity contribution in [1.29, 1.82) is 0 Å². The van der Waals surface area contributed by atoms with Gasteiger partial charge in [-0.05, 0) is 52.7 Å². The largest absolute Gasteiger partial charge is 0.365 e. The topological polar surface area (TPSA) is 37.0 Å². The predicted octanol–water partition coefficient (Wildman–Crippen LogP) is 2.98. The number of nitrogens with one attached hydrogen (secondary N) is 2. The molecular weight excluding hydrogens is 222 g/mol. The van der Waals surface area contributed by atoms with E-state index in [1.54, 1.807) is 0 Å². The molecule has 2 N–H and O–H groups in total. The van der Waals surface area contributed by atoms with E-state index in [2.05, 4.69) is 61.5 Å². The van der Waals surface area contributed by atoms with Crippen LogP contribution >= 0.6 is 0 Å². The minimum Gasteiger partial charge on any atom is -0.365 e. The molecule has 0 spiro atoms. The Kier molecular flexibility index (Phi) is 3.62. The summed E-state index contributed by atoms with van der Waals surface area (Å²) in [6.45, 7) is 9.78. The predicted molar refractivity (Wildman–Crippen MR) is 77.0 cm³/mol. The van der Waals surface area contributed by atoms with Crippen molar-refractivity contribution in [2.24, 2.45) is 0 Å². The molecule has 0 saturated heterocycles. The summed E-state index contributed by atoms with van der Waals surface area (Å²) in [5.74, 6) is 1.02. The van der Waals surface area contributed by atoms with E-state index in [0.717, 1.165) is 24.5 Å². The van der Waals surface area contributed by atoms with Gasteiger partial charge in [-0.15, -0.1) is 0 Å². The van der Waals surface area contributed by atoms with E-state index < -0.39 is 0 Å². The van der Waals surface area contributed by atoms with Crippen LogP contribution in [0.5, 0.6) is 0 Å². The smallest absolute Gasteiger partial charge is 0.126 e. The fraction of sp³-hybridized carbons (Fsp3) is 0.667. The lowest BCUT2D eigenvalue weighted by Gasteiger charge is -2.20. The fourth-order valence-electron chi connectivity index (χ4n) is 1.88. The van der Waals surface area contributed by atoms with Crippen LogP contribution in [0.4, 0.5) is 5.82 Å². The van der Waals surface area contributed by atoms with Gasteiger partial charge in [-0.25, -0.2) is 4.98 Å². The third kappa shape index (κ3) is 4.30. The second kappa shape index (κ2) is 4.88. The van der Waals surface area contributed by atoms with Crippen molar-refractivity contribution >= 4 is 5.82 Å². The van der Waals surface area contributed by atoms with Crippen molar-refractivity contribution in [3.63, 3.8) is 0 Å². The van der Waals surface area contributed by atoms with Crippen LogP contribution in [-0.2, 0) is 6.42 Å². The van der Waals surface area contributed by atoms with Gasteiger partial charge in [0, 0.05) is 29.7 Å². The van der Waals surface area contributed by atoms with Gasteiger partial charge in [-0.1, -0.05) is 6.07 Å². The van der Waals surface area contributed by atoms with Gasteiger partial charge in [-0.2, -0.15) is 0 Å². The SMILES string of the molecule is CC(C)(C)NCCc1cccc(NC2(C)CC2)n1. The minimum atomic E-state index is 0.178. The maximum atomic E-state index is 4.67. The highest BCUT2D eigenvalue weighted by Gasteiger charge is 2.37. The van der Waals surface area contributed by atoms with E-state index in [-0.39, 0.29) is 5.54 Å². The maximum Gasteiger partial charge on any atom is 0.126 e. The molecule has 0 amide bonds. The molecule has 1 aliphatic carbocycles. The van der Waals surface area contributed by atoms with E-state index in [0.29, 0.717) is 5.54 Å². The monoisotopic (exact) mass is 247 g/mol. The molecule has 0 atom stereocenters. The number of rotatable bonds is 5. The average molecular weight is 247 g/mol. The Bertz CT molecular complexity index is 402. The molecule has 0 bridgehead atoms. The van der Waals surface area contributed by atoms with Crippen LogP contribution in [-0.4, -0.2) is 22.6 Å². The summed E-state index contributed by atoms with van der Waals surface area (Å²) in [6, 6.07) is 6.25. The number of hydrogen-bond acceptors (Lipinski definition) is 3. The molecule has 18 heavy (non-hydrogen) atoms. The van der Waals surface area contributed by atoms with Crippen molar-refractivity contribution in [2.75, 3.05) is 11.9 Å². The minimum absolute atomic E-state index is 0.178. The summed E-state index contributed by atoms with van der Waals surface area (Å²) in [4.78, 5) is 4.67. The van der Waals surface area contributed by atoms with Crippen molar-refractivity contribution in [2.45, 2.75) is 58.0 Å².